The van der Waals surface area contributed by atoms with Gasteiger partial charge in [-0.25, -0.2) is 0 Å². The van der Waals surface area contributed by atoms with Gasteiger partial charge >= 0.3 is 5.97 Å². The number of ether oxygens (including phenoxy) is 2. The van der Waals surface area contributed by atoms with Gasteiger partial charge in [0.15, 0.2) is 6.10 Å². The second-order valence-corrected chi connectivity index (χ2v) is 6.33. The molecular formula is C19H26N2O5. The molecule has 1 heterocycles. The van der Waals surface area contributed by atoms with Crippen LogP contribution in [0.5, 0.6) is 5.75 Å². The molecule has 0 bridgehead atoms. The molecule has 1 aromatic carbocycles. The molecule has 1 fully saturated rings. The first kappa shape index (κ1) is 19.8. The number of rotatable bonds is 6. The van der Waals surface area contributed by atoms with Gasteiger partial charge < -0.3 is 19.3 Å². The Balaban J connectivity index is 1.72. The van der Waals surface area contributed by atoms with Gasteiger partial charge in [0.05, 0.1) is 13.0 Å². The summed E-state index contributed by atoms with van der Waals surface area (Å²) >= 11 is 0. The van der Waals surface area contributed by atoms with E-state index in [0.717, 1.165) is 11.3 Å². The number of nitrogens with zero attached hydrogens (tertiary/aromatic N) is 2. The Morgan fingerprint density at radius 2 is 1.69 bits per heavy atom. The van der Waals surface area contributed by atoms with Crippen LogP contribution < -0.4 is 4.74 Å². The van der Waals surface area contributed by atoms with Crippen LogP contribution >= 0.6 is 0 Å². The van der Waals surface area contributed by atoms with Crippen molar-refractivity contribution in [1.29, 1.82) is 0 Å². The third-order valence-corrected chi connectivity index (χ3v) is 4.35. The maximum Gasteiger partial charge on any atom is 0.310 e. The first-order valence-electron chi connectivity index (χ1n) is 8.80. The van der Waals surface area contributed by atoms with Crippen molar-refractivity contribution in [3.8, 4) is 5.75 Å². The highest BCUT2D eigenvalue weighted by Crippen LogP contribution is 2.16. The molecule has 0 N–H and O–H groups in total. The maximum atomic E-state index is 12.4. The molecule has 1 unspecified atom stereocenters. The Hall–Kier alpha value is -2.57. The van der Waals surface area contributed by atoms with Gasteiger partial charge in [0.1, 0.15) is 5.75 Å². The SMILES string of the molecule is CC(=O)N1CCN(C(=O)C(C)OC(=O)CCOc2ccccc2C)CC1. The molecule has 7 nitrogen and oxygen atoms in total. The molecule has 1 aromatic rings. The highest BCUT2D eigenvalue weighted by atomic mass is 16.6. The Morgan fingerprint density at radius 3 is 2.31 bits per heavy atom. The second-order valence-electron chi connectivity index (χ2n) is 6.33. The number of hydrogen-bond acceptors (Lipinski definition) is 5. The van der Waals surface area contributed by atoms with Crippen LogP contribution in [-0.4, -0.2) is 66.5 Å². The highest BCUT2D eigenvalue weighted by molar-refractivity contribution is 5.84. The second kappa shape index (κ2) is 9.22. The van der Waals surface area contributed by atoms with Crippen molar-refractivity contribution in [1.82, 2.24) is 9.80 Å². The summed E-state index contributed by atoms with van der Waals surface area (Å²) in [6.07, 6.45) is -0.769. The van der Waals surface area contributed by atoms with Gasteiger partial charge in [0, 0.05) is 33.1 Å². The fourth-order valence-corrected chi connectivity index (χ4v) is 2.77. The number of carbonyl (C=O) groups is 3. The summed E-state index contributed by atoms with van der Waals surface area (Å²) in [6, 6.07) is 7.56. The number of hydrogen-bond donors (Lipinski definition) is 0. The quantitative estimate of drug-likeness (QED) is 0.715. The van der Waals surface area contributed by atoms with Crippen LogP contribution in [0.3, 0.4) is 0 Å². The largest absolute Gasteiger partial charge is 0.493 e. The van der Waals surface area contributed by atoms with E-state index in [1.54, 1.807) is 16.7 Å². The van der Waals surface area contributed by atoms with Crippen molar-refractivity contribution in [3.63, 3.8) is 0 Å². The van der Waals surface area contributed by atoms with Gasteiger partial charge in [0.2, 0.25) is 5.91 Å². The summed E-state index contributed by atoms with van der Waals surface area (Å²) in [5.41, 5.74) is 0.995. The van der Waals surface area contributed by atoms with Crippen LogP contribution in [0.4, 0.5) is 0 Å². The molecule has 0 radical (unpaired) electrons. The lowest BCUT2D eigenvalue weighted by molar-refractivity contribution is -0.160. The van der Waals surface area contributed by atoms with E-state index in [4.69, 9.17) is 9.47 Å². The number of piperazine rings is 1. The number of esters is 1. The molecule has 26 heavy (non-hydrogen) atoms. The lowest BCUT2D eigenvalue weighted by Crippen LogP contribution is -2.52. The third-order valence-electron chi connectivity index (χ3n) is 4.35. The number of carbonyl (C=O) groups excluding carboxylic acids is 3. The zero-order valence-corrected chi connectivity index (χ0v) is 15.6. The summed E-state index contributed by atoms with van der Waals surface area (Å²) < 4.78 is 10.8. The molecule has 1 saturated heterocycles. The summed E-state index contributed by atoms with van der Waals surface area (Å²) in [4.78, 5) is 38.9. The van der Waals surface area contributed by atoms with Gasteiger partial charge in [0.25, 0.3) is 5.91 Å². The highest BCUT2D eigenvalue weighted by Gasteiger charge is 2.27. The van der Waals surface area contributed by atoms with Crippen molar-refractivity contribution in [2.24, 2.45) is 0 Å². The molecule has 142 valence electrons. The maximum absolute atomic E-state index is 12.4. The van der Waals surface area contributed by atoms with Crippen molar-refractivity contribution in [2.45, 2.75) is 33.3 Å². The topological polar surface area (TPSA) is 76.2 Å². The Morgan fingerprint density at radius 1 is 1.08 bits per heavy atom. The molecule has 1 aliphatic heterocycles. The predicted octanol–water partition coefficient (Wildman–Crippen LogP) is 1.39. The predicted molar refractivity (Wildman–Crippen MR) is 95.7 cm³/mol. The van der Waals surface area contributed by atoms with Crippen LogP contribution in [0.2, 0.25) is 0 Å². The molecule has 0 aromatic heterocycles. The van der Waals surface area contributed by atoms with E-state index in [2.05, 4.69) is 0 Å². The minimum atomic E-state index is -0.843. The molecule has 0 spiro atoms. The monoisotopic (exact) mass is 362 g/mol. The normalized spacial score (nSPS) is 15.3. The number of para-hydroxylation sites is 1. The van der Waals surface area contributed by atoms with E-state index in [9.17, 15) is 14.4 Å². The van der Waals surface area contributed by atoms with E-state index >= 15 is 0 Å². The number of amides is 2. The zero-order valence-electron chi connectivity index (χ0n) is 15.6. The molecular weight excluding hydrogens is 336 g/mol. The van der Waals surface area contributed by atoms with Crippen LogP contribution in [0.15, 0.2) is 24.3 Å². The summed E-state index contributed by atoms with van der Waals surface area (Å²) in [5.74, 6) is 0.0289. The van der Waals surface area contributed by atoms with Gasteiger partial charge in [-0.2, -0.15) is 0 Å². The van der Waals surface area contributed by atoms with Gasteiger partial charge in [-0.1, -0.05) is 18.2 Å². The van der Waals surface area contributed by atoms with E-state index in [0.29, 0.717) is 26.2 Å². The van der Waals surface area contributed by atoms with Gasteiger partial charge in [-0.05, 0) is 25.5 Å². The van der Waals surface area contributed by atoms with E-state index in [1.165, 1.54) is 6.92 Å². The number of benzene rings is 1. The standard InChI is InChI=1S/C19H26N2O5/c1-14-6-4-5-7-17(14)25-13-8-18(23)26-15(2)19(24)21-11-9-20(10-12-21)16(3)22/h4-7,15H,8-13H2,1-3H3. The Kier molecular flexibility index (Phi) is 7.00. The Bertz CT molecular complexity index is 653. The molecule has 0 saturated carbocycles. The summed E-state index contributed by atoms with van der Waals surface area (Å²) in [5, 5.41) is 0. The van der Waals surface area contributed by atoms with Crippen molar-refractivity contribution < 1.29 is 23.9 Å². The smallest absolute Gasteiger partial charge is 0.310 e. The molecule has 1 atom stereocenters. The van der Waals surface area contributed by atoms with Crippen molar-refractivity contribution in [2.75, 3.05) is 32.8 Å². The first-order valence-corrected chi connectivity index (χ1v) is 8.80. The van der Waals surface area contributed by atoms with Crippen LogP contribution in [0.25, 0.3) is 0 Å². The first-order chi connectivity index (χ1) is 12.4. The molecule has 1 aliphatic rings. The molecule has 0 aliphatic carbocycles. The molecule has 7 heteroatoms. The van der Waals surface area contributed by atoms with Gasteiger partial charge in [-0.15, -0.1) is 0 Å². The fourth-order valence-electron chi connectivity index (χ4n) is 2.77. The van der Waals surface area contributed by atoms with Crippen LogP contribution in [0.1, 0.15) is 25.8 Å². The van der Waals surface area contributed by atoms with Gasteiger partial charge in [-0.3, -0.25) is 14.4 Å². The van der Waals surface area contributed by atoms with Crippen LogP contribution in [0, 0.1) is 6.92 Å². The molecule has 2 amide bonds. The van der Waals surface area contributed by atoms with Crippen LogP contribution in [-0.2, 0) is 19.1 Å². The minimum Gasteiger partial charge on any atom is -0.493 e. The van der Waals surface area contributed by atoms with E-state index < -0.39 is 12.1 Å². The lowest BCUT2D eigenvalue weighted by Gasteiger charge is -2.35. The van der Waals surface area contributed by atoms with Crippen molar-refractivity contribution in [3.05, 3.63) is 29.8 Å². The Labute approximate surface area is 153 Å². The lowest BCUT2D eigenvalue weighted by atomic mass is 10.2. The fraction of sp³-hybridized carbons (Fsp3) is 0.526. The van der Waals surface area contributed by atoms with E-state index in [-0.39, 0.29) is 24.8 Å². The summed E-state index contributed by atoms with van der Waals surface area (Å²) in [6.45, 7) is 7.13. The van der Waals surface area contributed by atoms with Crippen molar-refractivity contribution >= 4 is 17.8 Å². The van der Waals surface area contributed by atoms with E-state index in [1.807, 2.05) is 31.2 Å². The third kappa shape index (κ3) is 5.47. The number of aryl methyl sites for hydroxylation is 1. The average molecular weight is 362 g/mol. The average Bonchev–Trinajstić information content (AvgIpc) is 2.62. The minimum absolute atomic E-state index is 0.00484. The zero-order chi connectivity index (χ0) is 19.1. The molecule has 2 rings (SSSR count). The summed E-state index contributed by atoms with van der Waals surface area (Å²) in [7, 11) is 0.